The second kappa shape index (κ2) is 21.3. The van der Waals surface area contributed by atoms with Crippen molar-refractivity contribution in [2.24, 2.45) is 0 Å². The third-order valence-corrected chi connectivity index (χ3v) is 14.6. The molecular formula is C61H58I+. The van der Waals surface area contributed by atoms with E-state index in [2.05, 4.69) is 206 Å². The summed E-state index contributed by atoms with van der Waals surface area (Å²) in [7, 11) is 0. The summed E-state index contributed by atoms with van der Waals surface area (Å²) in [5.41, 5.74) is 14.9. The molecule has 0 radical (unpaired) electrons. The van der Waals surface area contributed by atoms with Crippen molar-refractivity contribution in [2.75, 3.05) is 4.93 Å². The van der Waals surface area contributed by atoms with Gasteiger partial charge in [-0.05, 0) is 147 Å². The summed E-state index contributed by atoms with van der Waals surface area (Å²) in [6.07, 6.45) is 16.0. The molecule has 308 valence electrons. The minimum Gasteiger partial charge on any atom is -0.103 e. The molecule has 8 aromatic rings. The van der Waals surface area contributed by atoms with E-state index in [4.69, 9.17) is 0 Å². The van der Waals surface area contributed by atoms with Crippen molar-refractivity contribution in [2.45, 2.75) is 63.7 Å². The lowest BCUT2D eigenvalue weighted by Gasteiger charge is -2.20. The van der Waals surface area contributed by atoms with Gasteiger partial charge in [0, 0.05) is 5.56 Å². The van der Waals surface area contributed by atoms with Gasteiger partial charge in [0.25, 0.3) is 0 Å². The van der Waals surface area contributed by atoms with Crippen LogP contribution >= 0.6 is 0 Å². The molecule has 0 heterocycles. The summed E-state index contributed by atoms with van der Waals surface area (Å²) in [5.74, 6) is 0.371. The van der Waals surface area contributed by atoms with E-state index in [1.54, 1.807) is 9.13 Å². The van der Waals surface area contributed by atoms with E-state index in [0.29, 0.717) is 5.92 Å². The van der Waals surface area contributed by atoms with Crippen LogP contribution in [0.4, 0.5) is 0 Å². The Morgan fingerprint density at radius 3 is 1.90 bits per heavy atom. The van der Waals surface area contributed by atoms with Gasteiger partial charge in [0.15, 0.2) is 3.57 Å². The zero-order chi connectivity index (χ0) is 42.5. The van der Waals surface area contributed by atoms with Crippen molar-refractivity contribution in [3.8, 4) is 11.1 Å². The molecule has 0 amide bonds. The first kappa shape index (κ1) is 42.9. The maximum absolute atomic E-state index is 3.98. The Kier molecular flexibility index (Phi) is 14.8. The smallest absolute Gasteiger partial charge is 0.103 e. The van der Waals surface area contributed by atoms with Gasteiger partial charge in [-0.2, -0.15) is 0 Å². The Labute approximate surface area is 381 Å². The number of hydrogen-bond acceptors (Lipinski definition) is 0. The van der Waals surface area contributed by atoms with Crippen molar-refractivity contribution < 1.29 is 21.2 Å². The molecule has 0 bridgehead atoms. The molecule has 8 aromatic carbocycles. The van der Waals surface area contributed by atoms with Crippen LogP contribution in [0.2, 0.25) is 0 Å². The van der Waals surface area contributed by atoms with E-state index in [9.17, 15) is 0 Å². The van der Waals surface area contributed by atoms with Crippen molar-refractivity contribution in [1.29, 1.82) is 0 Å². The summed E-state index contributed by atoms with van der Waals surface area (Å²) in [4.78, 5) is 2.39. The fourth-order valence-corrected chi connectivity index (χ4v) is 10.7. The number of benzene rings is 8. The van der Waals surface area contributed by atoms with Crippen molar-refractivity contribution in [3.63, 3.8) is 0 Å². The maximum Gasteiger partial charge on any atom is 0.309 e. The second-order valence-corrected chi connectivity index (χ2v) is 18.9. The second-order valence-electron chi connectivity index (χ2n) is 16.7. The molecule has 0 aliphatic carbocycles. The zero-order valence-corrected chi connectivity index (χ0v) is 38.4. The fraction of sp³-hybridized carbons (Fsp3) is 0.180. The number of halogens is 1. The lowest BCUT2D eigenvalue weighted by molar-refractivity contribution is -0.598. The normalized spacial score (nSPS) is 12.1. The molecule has 0 fully saturated rings. The van der Waals surface area contributed by atoms with Crippen LogP contribution in [0, 0.1) is 3.57 Å². The van der Waals surface area contributed by atoms with Gasteiger partial charge in [0.05, 0.1) is 0 Å². The highest BCUT2D eigenvalue weighted by Crippen LogP contribution is 2.33. The Morgan fingerprint density at radius 2 is 1.16 bits per heavy atom. The van der Waals surface area contributed by atoms with Crippen LogP contribution < -0.4 is 21.2 Å². The van der Waals surface area contributed by atoms with Crippen molar-refractivity contribution in [3.05, 3.63) is 249 Å². The number of rotatable bonds is 19. The minimum absolute atomic E-state index is 0.0134. The highest BCUT2D eigenvalue weighted by molar-refractivity contribution is 5.98. The monoisotopic (exact) mass is 917 g/mol. The molecule has 0 spiro atoms. The van der Waals surface area contributed by atoms with Gasteiger partial charge < -0.3 is 0 Å². The Balaban J connectivity index is 1.06. The van der Waals surface area contributed by atoms with Crippen LogP contribution in [0.3, 0.4) is 0 Å². The molecule has 0 N–H and O–H groups in total. The van der Waals surface area contributed by atoms with Crippen LogP contribution in [-0.2, 0) is 32.1 Å². The van der Waals surface area contributed by atoms with Crippen LogP contribution in [0.1, 0.15) is 76.1 Å². The van der Waals surface area contributed by atoms with E-state index < -0.39 is 0 Å². The average molecular weight is 918 g/mol. The van der Waals surface area contributed by atoms with Gasteiger partial charge in [0.2, 0.25) is 0 Å². The molecule has 0 saturated carbocycles. The number of alkyl halides is 1. The van der Waals surface area contributed by atoms with Gasteiger partial charge in [-0.15, -0.1) is 13.2 Å². The zero-order valence-electron chi connectivity index (χ0n) is 36.2. The van der Waals surface area contributed by atoms with Gasteiger partial charge >= 0.3 is 21.2 Å². The van der Waals surface area contributed by atoms with E-state index >= 15 is 0 Å². The van der Waals surface area contributed by atoms with E-state index in [0.717, 1.165) is 57.8 Å². The SMILES string of the molecule is C=CCCCc1cccc(CC(=Cc2ccc(-c3ccc(CC(Cc4cccc5ccccc45)c4ccc([I+]C)c(CCCC=C)c4)cc3)cc2)c2cccc3ccccc23)c1. The Hall–Kier alpha value is -5.77. The first-order valence-electron chi connectivity index (χ1n) is 22.3. The molecule has 1 heteroatoms. The third-order valence-electron chi connectivity index (χ3n) is 12.4. The number of unbranched alkanes of at least 4 members (excludes halogenated alkanes) is 2. The first-order valence-corrected chi connectivity index (χ1v) is 25.6. The molecular weight excluding hydrogens is 860 g/mol. The summed E-state index contributed by atoms with van der Waals surface area (Å²) in [6, 6.07) is 66.2. The Morgan fingerprint density at radius 1 is 0.532 bits per heavy atom. The van der Waals surface area contributed by atoms with Gasteiger partial charge in [-0.3, -0.25) is 0 Å². The summed E-state index contributed by atoms with van der Waals surface area (Å²) in [5, 5.41) is 5.25. The molecule has 1 atom stereocenters. The molecule has 0 aliphatic rings. The number of aryl methyl sites for hydroxylation is 2. The third kappa shape index (κ3) is 10.8. The quantitative estimate of drug-likeness (QED) is 0.0249. The van der Waals surface area contributed by atoms with Crippen molar-refractivity contribution in [1.82, 2.24) is 0 Å². The molecule has 1 unspecified atom stereocenters. The minimum atomic E-state index is 0.0134. The van der Waals surface area contributed by atoms with Crippen molar-refractivity contribution >= 4 is 33.2 Å². The van der Waals surface area contributed by atoms with E-state index in [1.165, 1.54) is 77.2 Å². The lowest BCUT2D eigenvalue weighted by atomic mass is 9.84. The van der Waals surface area contributed by atoms with Crippen LogP contribution in [0.5, 0.6) is 0 Å². The number of allylic oxidation sites excluding steroid dienone is 3. The predicted molar refractivity (Wildman–Crippen MR) is 265 cm³/mol. The van der Waals surface area contributed by atoms with Crippen LogP contribution in [-0.4, -0.2) is 4.93 Å². The molecule has 8 rings (SSSR count). The fourth-order valence-electron chi connectivity index (χ4n) is 9.09. The molecule has 0 saturated heterocycles. The summed E-state index contributed by atoms with van der Waals surface area (Å²) in [6.45, 7) is 7.90. The first-order chi connectivity index (χ1) is 30.6. The molecule has 0 aromatic heterocycles. The number of hydrogen-bond donors (Lipinski definition) is 0. The van der Waals surface area contributed by atoms with Gasteiger partial charge in [-0.25, -0.2) is 0 Å². The molecule has 0 nitrogen and oxygen atoms in total. The van der Waals surface area contributed by atoms with E-state index in [-0.39, 0.29) is 21.2 Å². The predicted octanol–water partition coefficient (Wildman–Crippen LogP) is 12.9. The van der Waals surface area contributed by atoms with Gasteiger partial charge in [-0.1, -0.05) is 188 Å². The van der Waals surface area contributed by atoms with E-state index in [1.807, 2.05) is 6.08 Å². The largest absolute Gasteiger partial charge is 0.309 e. The standard InChI is InChI=1S/C61H58I/c1-4-6-8-17-45-18-14-19-48(39-45)42-57(60-28-16-24-52-21-11-13-27-59(52)60)41-47-31-35-50(36-32-47)49-33-29-46(30-34-49)40-56(44-54-25-15-23-51-20-10-12-26-58(51)54)53-37-38-61(62-3)55(43-53)22-9-7-5-2/h4-5,10-16,18-21,23-39,41,43,56H,1-2,6-9,17,22,40,42,44H2,3H3/q+1. The highest BCUT2D eigenvalue weighted by atomic mass is 127. The average Bonchev–Trinajstić information content (AvgIpc) is 3.32. The Bertz CT molecular complexity index is 2770. The van der Waals surface area contributed by atoms with Gasteiger partial charge in [0.1, 0.15) is 4.93 Å². The molecule has 0 aliphatic heterocycles. The summed E-state index contributed by atoms with van der Waals surface area (Å²) < 4.78 is 1.58. The molecule has 62 heavy (non-hydrogen) atoms. The topological polar surface area (TPSA) is 0 Å². The van der Waals surface area contributed by atoms with Crippen LogP contribution in [0.25, 0.3) is 44.3 Å². The highest BCUT2D eigenvalue weighted by Gasteiger charge is 2.20. The lowest BCUT2D eigenvalue weighted by Crippen LogP contribution is -3.60. The number of fused-ring (bicyclic) bond motifs is 2. The summed E-state index contributed by atoms with van der Waals surface area (Å²) >= 11 is 0.0134. The van der Waals surface area contributed by atoms with Crippen LogP contribution in [0.15, 0.2) is 201 Å². The maximum atomic E-state index is 3.98.